The minimum Gasteiger partial charge on any atom is -0.335 e. The molecule has 168 valence electrons. The number of nitrogens with one attached hydrogen (secondary N) is 1. The molecule has 10 heteroatoms. The molecule has 1 amide bonds. The molecule has 3 aromatic rings. The molecule has 1 saturated heterocycles. The fraction of sp³-hybridized carbons (Fsp3) is 0.273. The van der Waals surface area contributed by atoms with E-state index in [2.05, 4.69) is 10.2 Å². The average Bonchev–Trinajstić information content (AvgIpc) is 3.23. The molecule has 0 unspecified atom stereocenters. The number of aromatic amines is 1. The minimum absolute atomic E-state index is 0.187. The maximum Gasteiger partial charge on any atom is 0.416 e. The van der Waals surface area contributed by atoms with Gasteiger partial charge >= 0.3 is 6.18 Å². The van der Waals surface area contributed by atoms with Gasteiger partial charge < -0.3 is 4.90 Å². The Balaban J connectivity index is 1.37. The molecule has 1 aromatic heterocycles. The number of carbonyl (C=O) groups is 1. The average molecular weight is 483 g/mol. The van der Waals surface area contributed by atoms with Gasteiger partial charge in [-0.05, 0) is 35.9 Å². The van der Waals surface area contributed by atoms with Crippen molar-refractivity contribution in [2.75, 3.05) is 26.2 Å². The van der Waals surface area contributed by atoms with E-state index in [1.165, 1.54) is 12.1 Å². The van der Waals surface area contributed by atoms with E-state index in [0.29, 0.717) is 65.3 Å². The van der Waals surface area contributed by atoms with Gasteiger partial charge in [-0.3, -0.25) is 14.8 Å². The highest BCUT2D eigenvalue weighted by atomic mass is 35.5. The van der Waals surface area contributed by atoms with Gasteiger partial charge in [0.1, 0.15) is 5.69 Å². The fourth-order valence-corrected chi connectivity index (χ4v) is 4.16. The van der Waals surface area contributed by atoms with Crippen molar-refractivity contribution < 1.29 is 18.0 Å². The number of benzene rings is 2. The molecule has 0 bridgehead atoms. The van der Waals surface area contributed by atoms with Crippen LogP contribution in [0.2, 0.25) is 10.0 Å². The zero-order chi connectivity index (χ0) is 22.9. The van der Waals surface area contributed by atoms with Gasteiger partial charge in [0, 0.05) is 43.3 Å². The smallest absolute Gasteiger partial charge is 0.335 e. The van der Waals surface area contributed by atoms with E-state index in [1.807, 2.05) is 4.90 Å². The van der Waals surface area contributed by atoms with E-state index < -0.39 is 11.7 Å². The number of rotatable bonds is 4. The Kier molecular flexibility index (Phi) is 6.46. The number of nitrogens with zero attached hydrogens (tertiary/aromatic N) is 3. The minimum atomic E-state index is -4.36. The third-order valence-electron chi connectivity index (χ3n) is 5.34. The Morgan fingerprint density at radius 2 is 1.78 bits per heavy atom. The lowest BCUT2D eigenvalue weighted by atomic mass is 10.1. The number of hydrogen-bond donors (Lipinski definition) is 1. The zero-order valence-electron chi connectivity index (χ0n) is 16.8. The van der Waals surface area contributed by atoms with Crippen LogP contribution in [-0.4, -0.2) is 52.1 Å². The molecule has 0 aliphatic carbocycles. The highest BCUT2D eigenvalue weighted by Gasteiger charge is 2.30. The van der Waals surface area contributed by atoms with Crippen molar-refractivity contribution in [1.82, 2.24) is 20.0 Å². The summed E-state index contributed by atoms with van der Waals surface area (Å²) < 4.78 is 38.8. The Morgan fingerprint density at radius 3 is 2.47 bits per heavy atom. The van der Waals surface area contributed by atoms with Gasteiger partial charge in [-0.25, -0.2) is 0 Å². The summed E-state index contributed by atoms with van der Waals surface area (Å²) in [5, 5.41) is 7.90. The first-order valence-electron chi connectivity index (χ1n) is 9.89. The molecule has 5 nitrogen and oxygen atoms in total. The first-order valence-corrected chi connectivity index (χ1v) is 10.6. The highest BCUT2D eigenvalue weighted by molar-refractivity contribution is 6.36. The van der Waals surface area contributed by atoms with Crippen molar-refractivity contribution in [2.45, 2.75) is 12.7 Å². The van der Waals surface area contributed by atoms with Crippen LogP contribution in [0.15, 0.2) is 48.5 Å². The Morgan fingerprint density at radius 1 is 1.03 bits per heavy atom. The van der Waals surface area contributed by atoms with Crippen molar-refractivity contribution in [3.05, 3.63) is 75.4 Å². The first-order chi connectivity index (χ1) is 15.2. The second-order valence-electron chi connectivity index (χ2n) is 7.56. The van der Waals surface area contributed by atoms with E-state index in [-0.39, 0.29) is 5.91 Å². The highest BCUT2D eigenvalue weighted by Crippen LogP contribution is 2.31. The molecule has 0 radical (unpaired) electrons. The summed E-state index contributed by atoms with van der Waals surface area (Å²) in [4.78, 5) is 16.6. The van der Waals surface area contributed by atoms with Crippen molar-refractivity contribution in [1.29, 1.82) is 0 Å². The molecule has 1 aliphatic rings. The van der Waals surface area contributed by atoms with Gasteiger partial charge in [0.25, 0.3) is 5.91 Å². The summed E-state index contributed by atoms with van der Waals surface area (Å²) in [6.45, 7) is 2.45. The zero-order valence-corrected chi connectivity index (χ0v) is 18.3. The lowest BCUT2D eigenvalue weighted by Crippen LogP contribution is -2.48. The number of aromatic nitrogens is 2. The van der Waals surface area contributed by atoms with Crippen LogP contribution in [0, 0.1) is 0 Å². The van der Waals surface area contributed by atoms with Crippen molar-refractivity contribution in [3.63, 3.8) is 0 Å². The van der Waals surface area contributed by atoms with Crippen molar-refractivity contribution in [3.8, 4) is 11.3 Å². The van der Waals surface area contributed by atoms with Gasteiger partial charge in [0.05, 0.1) is 16.3 Å². The predicted octanol–water partition coefficient (Wildman–Crippen LogP) is 5.36. The van der Waals surface area contributed by atoms with Crippen LogP contribution < -0.4 is 0 Å². The van der Waals surface area contributed by atoms with Crippen LogP contribution in [0.3, 0.4) is 0 Å². The van der Waals surface area contributed by atoms with E-state index in [4.69, 9.17) is 23.2 Å². The number of hydrogen-bond acceptors (Lipinski definition) is 3. The molecular formula is C22H19Cl2F3N4O. The first kappa shape index (κ1) is 22.6. The quantitative estimate of drug-likeness (QED) is 0.544. The fourth-order valence-electron chi connectivity index (χ4n) is 3.65. The molecule has 1 N–H and O–H groups in total. The molecular weight excluding hydrogens is 464 g/mol. The molecule has 4 rings (SSSR count). The summed E-state index contributed by atoms with van der Waals surface area (Å²) in [6, 6.07) is 12.0. The molecule has 0 saturated carbocycles. The molecule has 2 heterocycles. The van der Waals surface area contributed by atoms with Gasteiger partial charge in [0.2, 0.25) is 0 Å². The molecule has 1 aliphatic heterocycles. The van der Waals surface area contributed by atoms with Crippen LogP contribution in [0.5, 0.6) is 0 Å². The number of H-pyrrole nitrogens is 1. The van der Waals surface area contributed by atoms with Crippen LogP contribution in [0.25, 0.3) is 11.3 Å². The summed E-state index contributed by atoms with van der Waals surface area (Å²) in [7, 11) is 0. The lowest BCUT2D eigenvalue weighted by molar-refractivity contribution is -0.137. The van der Waals surface area contributed by atoms with Gasteiger partial charge in [-0.1, -0.05) is 41.4 Å². The molecule has 32 heavy (non-hydrogen) atoms. The number of halogens is 5. The standard InChI is InChI=1S/C22H19Cl2F3N4O/c23-16-4-5-17(18(24)11-16)19-12-20(29-28-19)21(32)31-8-6-30(7-9-31)13-14-2-1-3-15(10-14)22(25,26)27/h1-5,10-12H,6-9,13H2,(H,28,29). The normalized spacial score (nSPS) is 15.2. The molecule has 2 aromatic carbocycles. The predicted molar refractivity (Wildman–Crippen MR) is 117 cm³/mol. The number of amides is 1. The van der Waals surface area contributed by atoms with E-state index in [0.717, 1.165) is 6.07 Å². The molecule has 1 fully saturated rings. The second kappa shape index (κ2) is 9.13. The van der Waals surface area contributed by atoms with Gasteiger partial charge in [-0.15, -0.1) is 0 Å². The van der Waals surface area contributed by atoms with E-state index >= 15 is 0 Å². The number of piperazine rings is 1. The number of carbonyl (C=O) groups excluding carboxylic acids is 1. The summed E-state index contributed by atoms with van der Waals surface area (Å²) in [6.07, 6.45) is -4.36. The Hall–Kier alpha value is -2.55. The topological polar surface area (TPSA) is 52.2 Å². The molecule has 0 spiro atoms. The van der Waals surface area contributed by atoms with Gasteiger partial charge in [-0.2, -0.15) is 18.3 Å². The Labute approximate surface area is 192 Å². The second-order valence-corrected chi connectivity index (χ2v) is 8.40. The van der Waals surface area contributed by atoms with Crippen molar-refractivity contribution in [2.24, 2.45) is 0 Å². The van der Waals surface area contributed by atoms with Crippen LogP contribution >= 0.6 is 23.2 Å². The van der Waals surface area contributed by atoms with Crippen molar-refractivity contribution >= 4 is 29.1 Å². The summed E-state index contributed by atoms with van der Waals surface area (Å²) >= 11 is 12.1. The summed E-state index contributed by atoms with van der Waals surface area (Å²) in [5.74, 6) is -0.187. The summed E-state index contributed by atoms with van der Waals surface area (Å²) in [5.41, 5.74) is 1.49. The maximum atomic E-state index is 12.9. The number of alkyl halides is 3. The largest absolute Gasteiger partial charge is 0.416 e. The SMILES string of the molecule is O=C(c1cc(-c2ccc(Cl)cc2Cl)n[nH]1)N1CCN(Cc2cccc(C(F)(F)F)c2)CC1. The van der Waals surface area contributed by atoms with E-state index in [1.54, 1.807) is 35.2 Å². The van der Waals surface area contributed by atoms with Gasteiger partial charge in [0.15, 0.2) is 0 Å². The van der Waals surface area contributed by atoms with Crippen LogP contribution in [0.1, 0.15) is 21.6 Å². The Bertz CT molecular complexity index is 1120. The van der Waals surface area contributed by atoms with E-state index in [9.17, 15) is 18.0 Å². The lowest BCUT2D eigenvalue weighted by Gasteiger charge is -2.34. The van der Waals surface area contributed by atoms with Crippen LogP contribution in [-0.2, 0) is 12.7 Å². The molecule has 0 atom stereocenters. The third kappa shape index (κ3) is 5.09. The maximum absolute atomic E-state index is 12.9. The third-order valence-corrected chi connectivity index (χ3v) is 5.88. The monoisotopic (exact) mass is 482 g/mol. The van der Waals surface area contributed by atoms with Crippen LogP contribution in [0.4, 0.5) is 13.2 Å².